The van der Waals surface area contributed by atoms with E-state index in [2.05, 4.69) is 34.0 Å². The van der Waals surface area contributed by atoms with Gasteiger partial charge in [0.05, 0.1) is 0 Å². The minimum atomic E-state index is -0.338. The van der Waals surface area contributed by atoms with Crippen molar-refractivity contribution in [1.82, 2.24) is 15.3 Å². The van der Waals surface area contributed by atoms with Crippen molar-refractivity contribution in [3.8, 4) is 0 Å². The van der Waals surface area contributed by atoms with Crippen molar-refractivity contribution in [3.05, 3.63) is 53.6 Å². The van der Waals surface area contributed by atoms with Gasteiger partial charge in [0, 0.05) is 31.4 Å². The first kappa shape index (κ1) is 17.8. The highest BCUT2D eigenvalue weighted by Crippen LogP contribution is 2.10. The van der Waals surface area contributed by atoms with Gasteiger partial charge in [0.2, 0.25) is 5.95 Å². The van der Waals surface area contributed by atoms with Crippen molar-refractivity contribution in [2.45, 2.75) is 33.2 Å². The van der Waals surface area contributed by atoms with Crippen LogP contribution >= 0.6 is 0 Å². The SMILES string of the molecule is CCCN(CCC)c1nccc(C(=O)NCc2ccccc2F)n1. The van der Waals surface area contributed by atoms with Crippen LogP contribution in [0.1, 0.15) is 42.7 Å². The predicted molar refractivity (Wildman–Crippen MR) is 92.4 cm³/mol. The predicted octanol–water partition coefficient (Wildman–Crippen LogP) is 3.17. The summed E-state index contributed by atoms with van der Waals surface area (Å²) in [6.07, 6.45) is 3.54. The summed E-state index contributed by atoms with van der Waals surface area (Å²) in [5, 5.41) is 2.70. The van der Waals surface area contributed by atoms with Crippen molar-refractivity contribution in [3.63, 3.8) is 0 Å². The maximum absolute atomic E-state index is 13.6. The van der Waals surface area contributed by atoms with Crippen LogP contribution in [0.25, 0.3) is 0 Å². The summed E-state index contributed by atoms with van der Waals surface area (Å²) in [5.41, 5.74) is 0.729. The molecule has 0 saturated heterocycles. The van der Waals surface area contributed by atoms with E-state index in [4.69, 9.17) is 0 Å². The number of benzene rings is 1. The van der Waals surface area contributed by atoms with Gasteiger partial charge in [-0.15, -0.1) is 0 Å². The summed E-state index contributed by atoms with van der Waals surface area (Å²) in [6.45, 7) is 5.99. The number of hydrogen-bond donors (Lipinski definition) is 1. The third-order valence-electron chi connectivity index (χ3n) is 3.54. The first-order valence-corrected chi connectivity index (χ1v) is 8.25. The maximum atomic E-state index is 13.6. The zero-order chi connectivity index (χ0) is 17.4. The van der Waals surface area contributed by atoms with Gasteiger partial charge in [-0.05, 0) is 25.0 Å². The number of halogens is 1. The van der Waals surface area contributed by atoms with Crippen LogP contribution in [0.4, 0.5) is 10.3 Å². The van der Waals surface area contributed by atoms with E-state index in [-0.39, 0.29) is 24.0 Å². The highest BCUT2D eigenvalue weighted by atomic mass is 19.1. The molecule has 1 N–H and O–H groups in total. The fourth-order valence-corrected chi connectivity index (χ4v) is 2.39. The molecule has 128 valence electrons. The highest BCUT2D eigenvalue weighted by molar-refractivity contribution is 5.92. The molecule has 0 unspecified atom stereocenters. The van der Waals surface area contributed by atoms with Gasteiger partial charge in [0.15, 0.2) is 0 Å². The number of nitrogens with one attached hydrogen (secondary N) is 1. The van der Waals surface area contributed by atoms with Crippen LogP contribution in [0, 0.1) is 5.82 Å². The molecule has 24 heavy (non-hydrogen) atoms. The first-order valence-electron chi connectivity index (χ1n) is 8.25. The summed E-state index contributed by atoms with van der Waals surface area (Å²) in [7, 11) is 0. The smallest absolute Gasteiger partial charge is 0.270 e. The van der Waals surface area contributed by atoms with Gasteiger partial charge < -0.3 is 10.2 Å². The average Bonchev–Trinajstić information content (AvgIpc) is 2.61. The second-order valence-corrected chi connectivity index (χ2v) is 5.50. The lowest BCUT2D eigenvalue weighted by Gasteiger charge is -2.21. The molecule has 5 nitrogen and oxygen atoms in total. The molecule has 0 spiro atoms. The van der Waals surface area contributed by atoms with Crippen LogP contribution in [0.2, 0.25) is 0 Å². The van der Waals surface area contributed by atoms with Crippen LogP contribution < -0.4 is 10.2 Å². The highest BCUT2D eigenvalue weighted by Gasteiger charge is 2.13. The van der Waals surface area contributed by atoms with Crippen molar-refractivity contribution in [2.24, 2.45) is 0 Å². The van der Waals surface area contributed by atoms with Crippen LogP contribution in [0.3, 0.4) is 0 Å². The summed E-state index contributed by atoms with van der Waals surface area (Å²) >= 11 is 0. The van der Waals surface area contributed by atoms with Crippen molar-refractivity contribution in [2.75, 3.05) is 18.0 Å². The molecular weight excluding hydrogens is 307 g/mol. The summed E-state index contributed by atoms with van der Waals surface area (Å²) in [5.74, 6) is -0.120. The lowest BCUT2D eigenvalue weighted by Crippen LogP contribution is -2.29. The van der Waals surface area contributed by atoms with E-state index in [9.17, 15) is 9.18 Å². The Balaban J connectivity index is 2.07. The van der Waals surface area contributed by atoms with Crippen LogP contribution in [0.5, 0.6) is 0 Å². The molecule has 1 aromatic carbocycles. The minimum Gasteiger partial charge on any atom is -0.347 e. The van der Waals surface area contributed by atoms with E-state index in [1.165, 1.54) is 6.07 Å². The Bertz CT molecular complexity index is 672. The Kier molecular flexibility index (Phi) is 6.66. The Hall–Kier alpha value is -2.50. The minimum absolute atomic E-state index is 0.123. The molecule has 1 aromatic heterocycles. The Morgan fingerprint density at radius 1 is 1.17 bits per heavy atom. The molecule has 0 aliphatic rings. The van der Waals surface area contributed by atoms with E-state index in [1.54, 1.807) is 30.5 Å². The topological polar surface area (TPSA) is 58.1 Å². The summed E-state index contributed by atoms with van der Waals surface area (Å²) in [4.78, 5) is 23.0. The monoisotopic (exact) mass is 330 g/mol. The van der Waals surface area contributed by atoms with E-state index < -0.39 is 0 Å². The molecule has 1 amide bonds. The summed E-state index contributed by atoms with van der Waals surface area (Å²) in [6, 6.07) is 7.94. The third kappa shape index (κ3) is 4.75. The quantitative estimate of drug-likeness (QED) is 0.808. The molecule has 0 bridgehead atoms. The van der Waals surface area contributed by atoms with Gasteiger partial charge in [0.25, 0.3) is 5.91 Å². The lowest BCUT2D eigenvalue weighted by atomic mass is 10.2. The third-order valence-corrected chi connectivity index (χ3v) is 3.54. The molecule has 2 rings (SSSR count). The van der Waals surface area contributed by atoms with Crippen molar-refractivity contribution >= 4 is 11.9 Å². The molecule has 0 fully saturated rings. The van der Waals surface area contributed by atoms with Gasteiger partial charge in [-0.25, -0.2) is 14.4 Å². The number of anilines is 1. The number of amides is 1. The van der Waals surface area contributed by atoms with Crippen molar-refractivity contribution in [1.29, 1.82) is 0 Å². The van der Waals surface area contributed by atoms with Gasteiger partial charge in [-0.2, -0.15) is 0 Å². The number of aromatic nitrogens is 2. The van der Waals surface area contributed by atoms with Gasteiger partial charge in [0.1, 0.15) is 11.5 Å². The second kappa shape index (κ2) is 8.96. The molecule has 0 saturated carbocycles. The molecule has 2 aromatic rings. The number of nitrogens with zero attached hydrogens (tertiary/aromatic N) is 3. The van der Waals surface area contributed by atoms with Crippen LogP contribution in [-0.2, 0) is 6.54 Å². The number of carbonyl (C=O) groups is 1. The molecule has 0 atom stereocenters. The Labute approximate surface area is 141 Å². The van der Waals surface area contributed by atoms with Crippen LogP contribution in [0.15, 0.2) is 36.5 Å². The summed E-state index contributed by atoms with van der Waals surface area (Å²) < 4.78 is 13.6. The van der Waals surface area contributed by atoms with Gasteiger partial charge in [-0.3, -0.25) is 4.79 Å². The largest absolute Gasteiger partial charge is 0.347 e. The number of carbonyl (C=O) groups excluding carboxylic acids is 1. The maximum Gasteiger partial charge on any atom is 0.270 e. The van der Waals surface area contributed by atoms with E-state index in [0.29, 0.717) is 11.5 Å². The Morgan fingerprint density at radius 3 is 2.54 bits per heavy atom. The fraction of sp³-hybridized carbons (Fsp3) is 0.389. The first-order chi connectivity index (χ1) is 11.7. The second-order valence-electron chi connectivity index (χ2n) is 5.50. The zero-order valence-corrected chi connectivity index (χ0v) is 14.1. The van der Waals surface area contributed by atoms with Gasteiger partial charge in [-0.1, -0.05) is 32.0 Å². The number of rotatable bonds is 8. The molecule has 6 heteroatoms. The molecule has 0 aliphatic carbocycles. The fourth-order valence-electron chi connectivity index (χ4n) is 2.39. The van der Waals surface area contributed by atoms with Crippen LogP contribution in [-0.4, -0.2) is 29.0 Å². The van der Waals surface area contributed by atoms with Crippen molar-refractivity contribution < 1.29 is 9.18 Å². The standard InChI is InChI=1S/C18H23FN4O/c1-3-11-23(12-4-2)18-20-10-9-16(22-18)17(24)21-13-14-7-5-6-8-15(14)19/h5-10H,3-4,11-13H2,1-2H3,(H,21,24). The number of hydrogen-bond acceptors (Lipinski definition) is 4. The molecule has 1 heterocycles. The lowest BCUT2D eigenvalue weighted by molar-refractivity contribution is 0.0945. The average molecular weight is 330 g/mol. The van der Waals surface area contributed by atoms with E-state index >= 15 is 0 Å². The van der Waals surface area contributed by atoms with E-state index in [1.807, 2.05) is 0 Å². The molecular formula is C18H23FN4O. The normalized spacial score (nSPS) is 10.5. The van der Waals surface area contributed by atoms with E-state index in [0.717, 1.165) is 25.9 Å². The Morgan fingerprint density at radius 2 is 1.88 bits per heavy atom. The van der Waals surface area contributed by atoms with Gasteiger partial charge >= 0.3 is 0 Å². The molecule has 0 aliphatic heterocycles. The zero-order valence-electron chi connectivity index (χ0n) is 14.1. The molecule has 0 radical (unpaired) electrons.